The van der Waals surface area contributed by atoms with E-state index in [1.807, 2.05) is 18.2 Å². The number of likely N-dealkylation sites (N-methyl/N-ethyl adjacent to an activating group) is 1. The summed E-state index contributed by atoms with van der Waals surface area (Å²) in [7, 11) is 0. The summed E-state index contributed by atoms with van der Waals surface area (Å²) in [6.07, 6.45) is 45.3. The van der Waals surface area contributed by atoms with Crippen LogP contribution in [0.4, 0.5) is 9.59 Å². The van der Waals surface area contributed by atoms with E-state index in [4.69, 9.17) is 33.2 Å². The van der Waals surface area contributed by atoms with Gasteiger partial charge in [0, 0.05) is 45.6 Å². The molecule has 0 saturated carbocycles. The number of unbranched alkanes of at least 4 members (excludes halogenated alkanes) is 25. The van der Waals surface area contributed by atoms with Crippen LogP contribution in [0.2, 0.25) is 0 Å². The van der Waals surface area contributed by atoms with E-state index in [2.05, 4.69) is 70.4 Å². The Balaban J connectivity index is 2.74. The van der Waals surface area contributed by atoms with Crippen LogP contribution in [0.3, 0.4) is 0 Å². The molecule has 1 aromatic rings. The second kappa shape index (κ2) is 64.3. The van der Waals surface area contributed by atoms with E-state index in [0.29, 0.717) is 57.6 Å². The van der Waals surface area contributed by atoms with Gasteiger partial charge >= 0.3 is 24.2 Å². The quantitative estimate of drug-likeness (QED) is 0.0348. The minimum absolute atomic E-state index is 0.0468. The van der Waals surface area contributed by atoms with E-state index in [-0.39, 0.29) is 37.4 Å². The van der Waals surface area contributed by atoms with Gasteiger partial charge in [0.05, 0.1) is 19.8 Å². The molecule has 4 unspecified atom stereocenters. The Bertz CT molecular complexity index is 1650. The van der Waals surface area contributed by atoms with Gasteiger partial charge in [-0.2, -0.15) is 0 Å². The fraction of sp³-hybridized carbons (Fsp3) is 0.870. The predicted octanol–water partition coefficient (Wildman–Crippen LogP) is 21.5. The second-order valence-corrected chi connectivity index (χ2v) is 26.3. The van der Waals surface area contributed by atoms with Crippen molar-refractivity contribution < 1.29 is 52.3 Å². The summed E-state index contributed by atoms with van der Waals surface area (Å²) < 4.78 is 41.2. The summed E-state index contributed by atoms with van der Waals surface area (Å²) in [6, 6.07) is 10.3. The highest BCUT2D eigenvalue weighted by atomic mass is 16.7. The van der Waals surface area contributed by atoms with Crippen molar-refractivity contribution in [1.82, 2.24) is 9.80 Å². The molecule has 1 rings (SSSR count). The molecule has 4 atom stereocenters. The van der Waals surface area contributed by atoms with Crippen molar-refractivity contribution in [3.05, 3.63) is 35.9 Å². The highest BCUT2D eigenvalue weighted by Gasteiger charge is 2.20. The van der Waals surface area contributed by atoms with Gasteiger partial charge in [-0.15, -0.1) is 0 Å². The van der Waals surface area contributed by atoms with E-state index in [1.165, 1.54) is 95.5 Å². The fourth-order valence-corrected chi connectivity index (χ4v) is 11.9. The second-order valence-electron chi connectivity index (χ2n) is 26.3. The van der Waals surface area contributed by atoms with Gasteiger partial charge < -0.3 is 38.1 Å². The Kier molecular flexibility index (Phi) is 60.4. The third-order valence-corrected chi connectivity index (χ3v) is 18.0. The highest BCUT2D eigenvalue weighted by molar-refractivity contribution is 5.69. The number of carbonyl (C=O) groups is 4. The van der Waals surface area contributed by atoms with Crippen molar-refractivity contribution in [3.8, 4) is 0 Å². The molecule has 13 nitrogen and oxygen atoms in total. The number of carbonyl (C=O) groups excluding carboxylic acids is 4. The van der Waals surface area contributed by atoms with Crippen LogP contribution in [0, 0.1) is 11.8 Å². The zero-order valence-corrected chi connectivity index (χ0v) is 59.7. The maximum Gasteiger partial charge on any atom is 0.508 e. The molecule has 0 heterocycles. The average molecular weight is 1270 g/mol. The standard InChI is InChI=1S/C77H142N2O11/c1-8-15-21-34-50-70(46-19-12-5)67-87-74(80)56-42-31-27-25-29-40-54-72(52-38-23-17-10-3)89-76(82)85-64-61-79(60-59-78(14-7)58-44-45-63-84-66-69-48-36-33-37-49-69)62-65-86-77(83)90-73(53-39-24-18-11-4)55-41-30-26-28-32-43-57-75(81)88-68-71(47-20-13-6)51-35-22-16-9-2/h33,36-37,48-49,70-73H,8-32,34-35,38-47,50-68H2,1-7H3. The van der Waals surface area contributed by atoms with Crippen LogP contribution in [0.15, 0.2) is 30.3 Å². The lowest BCUT2D eigenvalue weighted by Gasteiger charge is -2.27. The van der Waals surface area contributed by atoms with Crippen molar-refractivity contribution in [3.63, 3.8) is 0 Å². The maximum atomic E-state index is 13.3. The predicted molar refractivity (Wildman–Crippen MR) is 373 cm³/mol. The van der Waals surface area contributed by atoms with Crippen LogP contribution in [0.1, 0.15) is 337 Å². The Morgan fingerprint density at radius 1 is 0.344 bits per heavy atom. The summed E-state index contributed by atoms with van der Waals surface area (Å²) in [5, 5.41) is 0. The summed E-state index contributed by atoms with van der Waals surface area (Å²) in [5.74, 6) is 0.892. The minimum Gasteiger partial charge on any atom is -0.465 e. The average Bonchev–Trinajstić information content (AvgIpc) is 3.65. The molecule has 13 heteroatoms. The molecular weight excluding hydrogens is 1130 g/mol. The van der Waals surface area contributed by atoms with Crippen LogP contribution in [-0.2, 0) is 49.4 Å². The summed E-state index contributed by atoms with van der Waals surface area (Å²) in [6.45, 7) is 22.8. The van der Waals surface area contributed by atoms with Crippen LogP contribution >= 0.6 is 0 Å². The van der Waals surface area contributed by atoms with Crippen LogP contribution in [0.25, 0.3) is 0 Å². The maximum absolute atomic E-state index is 13.3. The monoisotopic (exact) mass is 1270 g/mol. The number of hydrogen-bond acceptors (Lipinski definition) is 13. The minimum atomic E-state index is -0.614. The Morgan fingerprint density at radius 3 is 1.12 bits per heavy atom. The SMILES string of the molecule is CCCCCCC(CCCC)COC(=O)CCCCCCCCC(CCCCCC)OC(=O)OCCN(CCOC(=O)OC(CCCCCC)CCCCCCCCC(=O)OCC(CCCC)CCCCCC)CCN(CC)CCCCOCc1ccccc1. The lowest BCUT2D eigenvalue weighted by atomic mass is 9.96. The largest absolute Gasteiger partial charge is 0.508 e. The molecule has 0 aliphatic heterocycles. The molecule has 0 radical (unpaired) electrons. The van der Waals surface area contributed by atoms with Gasteiger partial charge in [0.25, 0.3) is 0 Å². The topological polar surface area (TPSA) is 139 Å². The van der Waals surface area contributed by atoms with Gasteiger partial charge in [0.2, 0.25) is 0 Å². The fourth-order valence-electron chi connectivity index (χ4n) is 11.9. The first-order valence-corrected chi connectivity index (χ1v) is 38.1. The van der Waals surface area contributed by atoms with Crippen molar-refractivity contribution in [2.45, 2.75) is 350 Å². The van der Waals surface area contributed by atoms with E-state index in [1.54, 1.807) is 0 Å². The Hall–Kier alpha value is -3.42. The summed E-state index contributed by atoms with van der Waals surface area (Å²) >= 11 is 0. The molecule has 1 aromatic carbocycles. The molecule has 0 aliphatic rings. The number of hydrogen-bond donors (Lipinski definition) is 0. The molecule has 0 spiro atoms. The first-order chi connectivity index (χ1) is 44.1. The zero-order valence-electron chi connectivity index (χ0n) is 59.7. The van der Waals surface area contributed by atoms with Crippen molar-refractivity contribution >= 4 is 24.2 Å². The number of rotatable bonds is 67. The molecular formula is C77H142N2O11. The van der Waals surface area contributed by atoms with E-state index in [9.17, 15) is 19.2 Å². The number of esters is 2. The normalized spacial score (nSPS) is 12.9. The number of ether oxygens (including phenoxy) is 7. The van der Waals surface area contributed by atoms with Gasteiger partial charge in [-0.1, -0.05) is 246 Å². The van der Waals surface area contributed by atoms with Crippen LogP contribution in [-0.4, -0.2) is 119 Å². The van der Waals surface area contributed by atoms with Gasteiger partial charge in [0.15, 0.2) is 0 Å². The zero-order chi connectivity index (χ0) is 65.4. The van der Waals surface area contributed by atoms with Gasteiger partial charge in [-0.05, 0) is 133 Å². The molecule has 0 fully saturated rings. The Labute approximate surface area is 553 Å². The first kappa shape index (κ1) is 84.6. The van der Waals surface area contributed by atoms with Gasteiger partial charge in [-0.3, -0.25) is 14.5 Å². The highest BCUT2D eigenvalue weighted by Crippen LogP contribution is 2.23. The lowest BCUT2D eigenvalue weighted by molar-refractivity contribution is -0.146. The van der Waals surface area contributed by atoms with E-state index in [0.717, 1.165) is 213 Å². The van der Waals surface area contributed by atoms with Crippen molar-refractivity contribution in [2.75, 3.05) is 72.3 Å². The Morgan fingerprint density at radius 2 is 0.711 bits per heavy atom. The first-order valence-electron chi connectivity index (χ1n) is 38.1. The summed E-state index contributed by atoms with van der Waals surface area (Å²) in [4.78, 5) is 56.6. The lowest BCUT2D eigenvalue weighted by Crippen LogP contribution is -2.39. The van der Waals surface area contributed by atoms with Gasteiger partial charge in [0.1, 0.15) is 25.4 Å². The molecule has 526 valence electrons. The van der Waals surface area contributed by atoms with Crippen molar-refractivity contribution in [2.24, 2.45) is 11.8 Å². The molecule has 0 N–H and O–H groups in total. The van der Waals surface area contributed by atoms with Crippen LogP contribution in [0.5, 0.6) is 0 Å². The van der Waals surface area contributed by atoms with Gasteiger partial charge in [-0.25, -0.2) is 9.59 Å². The molecule has 0 aliphatic carbocycles. The van der Waals surface area contributed by atoms with E-state index < -0.39 is 12.3 Å². The smallest absolute Gasteiger partial charge is 0.465 e. The number of nitrogens with zero attached hydrogens (tertiary/aromatic N) is 2. The van der Waals surface area contributed by atoms with Crippen LogP contribution < -0.4 is 0 Å². The molecule has 0 bridgehead atoms. The number of benzene rings is 1. The third kappa shape index (κ3) is 54.0. The molecule has 0 aromatic heterocycles. The third-order valence-electron chi connectivity index (χ3n) is 18.0. The van der Waals surface area contributed by atoms with E-state index >= 15 is 0 Å². The molecule has 90 heavy (non-hydrogen) atoms. The molecule has 0 saturated heterocycles. The van der Waals surface area contributed by atoms with Crippen molar-refractivity contribution in [1.29, 1.82) is 0 Å². The summed E-state index contributed by atoms with van der Waals surface area (Å²) in [5.41, 5.74) is 1.19. The molecule has 0 amide bonds.